The summed E-state index contributed by atoms with van der Waals surface area (Å²) in [5.74, 6) is 1.04. The van der Waals surface area contributed by atoms with Crippen molar-refractivity contribution in [3.05, 3.63) is 24.1 Å². The molecule has 16 heavy (non-hydrogen) atoms. The number of aromatic nitrogens is 1. The van der Waals surface area contributed by atoms with Gasteiger partial charge in [0.2, 0.25) is 5.89 Å². The fourth-order valence-electron chi connectivity index (χ4n) is 1.40. The summed E-state index contributed by atoms with van der Waals surface area (Å²) in [6, 6.07) is 4.69. The second kappa shape index (κ2) is 4.11. The van der Waals surface area contributed by atoms with Crippen LogP contribution in [-0.2, 0) is 0 Å². The third kappa shape index (κ3) is 1.87. The monoisotopic (exact) mass is 222 g/mol. The lowest BCUT2D eigenvalue weighted by molar-refractivity contribution is 0.152. The first-order chi connectivity index (χ1) is 7.61. The molecule has 2 atom stereocenters. The van der Waals surface area contributed by atoms with Crippen LogP contribution in [0.5, 0.6) is 5.75 Å². The largest absolute Gasteiger partial charge is 0.497 e. The summed E-state index contributed by atoms with van der Waals surface area (Å²) in [6.07, 6.45) is -0.699. The number of fused-ring (bicyclic) bond motifs is 1. The number of nitrogens with zero attached hydrogens (tertiary/aromatic N) is 1. The van der Waals surface area contributed by atoms with Gasteiger partial charge in [-0.3, -0.25) is 0 Å². The van der Waals surface area contributed by atoms with Crippen LogP contribution < -0.4 is 10.5 Å². The molecule has 5 heteroatoms. The first-order valence-electron chi connectivity index (χ1n) is 5.00. The Labute approximate surface area is 92.8 Å². The Morgan fingerprint density at radius 3 is 2.88 bits per heavy atom. The van der Waals surface area contributed by atoms with Crippen molar-refractivity contribution in [1.29, 1.82) is 0 Å². The Morgan fingerprint density at radius 2 is 2.25 bits per heavy atom. The molecule has 0 amide bonds. The molecule has 2 aromatic rings. The number of rotatable bonds is 3. The van der Waals surface area contributed by atoms with Crippen molar-refractivity contribution in [2.45, 2.75) is 19.1 Å². The number of aliphatic hydroxyl groups excluding tert-OH is 1. The summed E-state index contributed by atoms with van der Waals surface area (Å²) < 4.78 is 10.5. The number of methoxy groups -OCH3 is 1. The van der Waals surface area contributed by atoms with Crippen molar-refractivity contribution in [3.63, 3.8) is 0 Å². The van der Waals surface area contributed by atoms with Gasteiger partial charge < -0.3 is 20.0 Å². The lowest BCUT2D eigenvalue weighted by atomic mass is 10.2. The highest BCUT2D eigenvalue weighted by Crippen LogP contribution is 2.24. The van der Waals surface area contributed by atoms with Crippen LogP contribution in [0.3, 0.4) is 0 Å². The normalized spacial score (nSPS) is 15.0. The van der Waals surface area contributed by atoms with E-state index in [0.29, 0.717) is 22.7 Å². The first-order valence-corrected chi connectivity index (χ1v) is 5.00. The lowest BCUT2D eigenvalue weighted by Crippen LogP contribution is -2.23. The number of hydrogen-bond acceptors (Lipinski definition) is 5. The molecule has 0 saturated heterocycles. The zero-order valence-corrected chi connectivity index (χ0v) is 9.18. The maximum absolute atomic E-state index is 9.35. The van der Waals surface area contributed by atoms with Gasteiger partial charge in [0.15, 0.2) is 5.58 Å². The van der Waals surface area contributed by atoms with E-state index in [-0.39, 0.29) is 0 Å². The maximum atomic E-state index is 9.35. The Balaban J connectivity index is 2.43. The number of hydrogen-bond donors (Lipinski definition) is 2. The van der Waals surface area contributed by atoms with E-state index in [0.717, 1.165) is 0 Å². The predicted octanol–water partition coefficient (Wildman–Crippen LogP) is 1.22. The lowest BCUT2D eigenvalue weighted by Gasteiger charge is -2.09. The molecule has 2 unspecified atom stereocenters. The zero-order valence-electron chi connectivity index (χ0n) is 9.18. The fraction of sp³-hybridized carbons (Fsp3) is 0.364. The van der Waals surface area contributed by atoms with E-state index in [4.69, 9.17) is 14.9 Å². The van der Waals surface area contributed by atoms with Gasteiger partial charge in [0.1, 0.15) is 17.3 Å². The molecule has 0 bridgehead atoms. The zero-order chi connectivity index (χ0) is 11.7. The van der Waals surface area contributed by atoms with Crippen LogP contribution in [0.2, 0.25) is 0 Å². The minimum Gasteiger partial charge on any atom is -0.497 e. The average molecular weight is 222 g/mol. The Morgan fingerprint density at radius 1 is 1.50 bits per heavy atom. The van der Waals surface area contributed by atoms with Crippen LogP contribution in [0, 0.1) is 0 Å². The molecular weight excluding hydrogens is 208 g/mol. The Bertz CT molecular complexity index is 493. The molecule has 0 radical (unpaired) electrons. The van der Waals surface area contributed by atoms with E-state index in [2.05, 4.69) is 4.98 Å². The summed E-state index contributed by atoms with van der Waals surface area (Å²) in [6.45, 7) is 1.60. The van der Waals surface area contributed by atoms with E-state index >= 15 is 0 Å². The molecule has 86 valence electrons. The van der Waals surface area contributed by atoms with E-state index in [1.807, 2.05) is 0 Å². The summed E-state index contributed by atoms with van der Waals surface area (Å²) in [5.41, 5.74) is 7.04. The third-order valence-electron chi connectivity index (χ3n) is 2.42. The third-order valence-corrected chi connectivity index (χ3v) is 2.42. The van der Waals surface area contributed by atoms with Crippen LogP contribution in [-0.4, -0.2) is 23.3 Å². The minimum absolute atomic E-state index is 0.332. The molecule has 3 N–H and O–H groups in total. The Hall–Kier alpha value is -1.59. The Kier molecular flexibility index (Phi) is 2.80. The summed E-state index contributed by atoms with van der Waals surface area (Å²) in [7, 11) is 1.59. The van der Waals surface area contributed by atoms with Gasteiger partial charge >= 0.3 is 0 Å². The molecule has 0 spiro atoms. The van der Waals surface area contributed by atoms with Gasteiger partial charge in [0, 0.05) is 6.07 Å². The van der Waals surface area contributed by atoms with Crippen molar-refractivity contribution in [1.82, 2.24) is 4.98 Å². The molecule has 2 rings (SSSR count). The van der Waals surface area contributed by atoms with Crippen molar-refractivity contribution < 1.29 is 14.3 Å². The van der Waals surface area contributed by atoms with Gasteiger partial charge in [-0.2, -0.15) is 0 Å². The van der Waals surface area contributed by atoms with Gasteiger partial charge in [-0.25, -0.2) is 4.98 Å². The summed E-state index contributed by atoms with van der Waals surface area (Å²) in [5, 5.41) is 9.35. The summed E-state index contributed by atoms with van der Waals surface area (Å²) >= 11 is 0. The maximum Gasteiger partial charge on any atom is 0.215 e. The van der Waals surface area contributed by atoms with E-state index in [1.54, 1.807) is 32.2 Å². The highest BCUT2D eigenvalue weighted by molar-refractivity contribution is 5.74. The quantitative estimate of drug-likeness (QED) is 0.815. The van der Waals surface area contributed by atoms with E-state index < -0.39 is 12.1 Å². The second-order valence-electron chi connectivity index (χ2n) is 3.65. The molecular formula is C11H14N2O3. The number of aliphatic hydroxyl groups is 1. The molecule has 1 aromatic heterocycles. The molecule has 1 aromatic carbocycles. The topological polar surface area (TPSA) is 81.5 Å². The number of benzene rings is 1. The second-order valence-corrected chi connectivity index (χ2v) is 3.65. The highest BCUT2D eigenvalue weighted by Gasteiger charge is 2.18. The molecule has 0 aliphatic rings. The van der Waals surface area contributed by atoms with Crippen LogP contribution in [0.1, 0.15) is 18.9 Å². The standard InChI is InChI=1S/C11H14N2O3/c1-6(14)10(12)11-13-8-5-7(15-2)3-4-9(8)16-11/h3-6,10,14H,12H2,1-2H3. The van der Waals surface area contributed by atoms with Gasteiger partial charge in [-0.1, -0.05) is 0 Å². The van der Waals surface area contributed by atoms with Crippen molar-refractivity contribution in [2.75, 3.05) is 7.11 Å². The summed E-state index contributed by atoms with van der Waals surface area (Å²) in [4.78, 5) is 4.21. The van der Waals surface area contributed by atoms with Crippen molar-refractivity contribution in [2.24, 2.45) is 5.73 Å². The van der Waals surface area contributed by atoms with Gasteiger partial charge in [-0.15, -0.1) is 0 Å². The first kappa shape index (κ1) is 10.9. The molecule has 0 saturated carbocycles. The predicted molar refractivity (Wildman–Crippen MR) is 59.2 cm³/mol. The fourth-order valence-corrected chi connectivity index (χ4v) is 1.40. The molecule has 0 aliphatic carbocycles. The van der Waals surface area contributed by atoms with Crippen molar-refractivity contribution >= 4 is 11.1 Å². The molecule has 1 heterocycles. The average Bonchev–Trinajstić information content (AvgIpc) is 2.69. The SMILES string of the molecule is COc1ccc2oc(C(N)C(C)O)nc2c1. The van der Waals surface area contributed by atoms with Crippen LogP contribution >= 0.6 is 0 Å². The molecule has 0 aliphatic heterocycles. The van der Waals surface area contributed by atoms with E-state index in [1.165, 1.54) is 0 Å². The van der Waals surface area contributed by atoms with Gasteiger partial charge in [0.05, 0.1) is 13.2 Å². The highest BCUT2D eigenvalue weighted by atomic mass is 16.5. The number of ether oxygens (including phenoxy) is 1. The van der Waals surface area contributed by atoms with Crippen LogP contribution in [0.15, 0.2) is 22.6 Å². The smallest absolute Gasteiger partial charge is 0.215 e. The van der Waals surface area contributed by atoms with Gasteiger partial charge in [-0.05, 0) is 19.1 Å². The van der Waals surface area contributed by atoms with Gasteiger partial charge in [0.25, 0.3) is 0 Å². The molecule has 0 fully saturated rings. The number of nitrogens with two attached hydrogens (primary N) is 1. The van der Waals surface area contributed by atoms with Crippen LogP contribution in [0.25, 0.3) is 11.1 Å². The van der Waals surface area contributed by atoms with Crippen LogP contribution in [0.4, 0.5) is 0 Å². The number of oxazole rings is 1. The van der Waals surface area contributed by atoms with Crippen molar-refractivity contribution in [3.8, 4) is 5.75 Å². The molecule has 5 nitrogen and oxygen atoms in total. The minimum atomic E-state index is -0.699. The van der Waals surface area contributed by atoms with E-state index in [9.17, 15) is 5.11 Å².